The quantitative estimate of drug-likeness (QED) is 0.782. The Morgan fingerprint density at radius 2 is 1.82 bits per heavy atom. The van der Waals surface area contributed by atoms with Crippen molar-refractivity contribution < 1.29 is 4.39 Å². The molecule has 0 aliphatic carbocycles. The fraction of sp³-hybridized carbons (Fsp3) is 0.118. The number of halogens is 1. The summed E-state index contributed by atoms with van der Waals surface area (Å²) in [6.45, 7) is 0. The molecule has 2 heterocycles. The standard InChI is InChI=1S/C17H15FN4/c18-15-12-20-17(21-14-7-4-10-19-11-14)22-16(15)9-8-13-5-2-1-3-6-13/h1-7,10-12H,8-9H2,(H,20,21,22). The number of nitrogens with zero attached hydrogens (tertiary/aromatic N) is 3. The van der Waals surface area contributed by atoms with Crippen LogP contribution < -0.4 is 5.32 Å². The maximum atomic E-state index is 13.8. The van der Waals surface area contributed by atoms with Gasteiger partial charge in [0.25, 0.3) is 0 Å². The van der Waals surface area contributed by atoms with Crippen molar-refractivity contribution in [1.82, 2.24) is 15.0 Å². The molecule has 1 N–H and O–H groups in total. The molecule has 4 nitrogen and oxygen atoms in total. The van der Waals surface area contributed by atoms with Gasteiger partial charge in [0, 0.05) is 6.20 Å². The second-order valence-corrected chi connectivity index (χ2v) is 4.84. The maximum absolute atomic E-state index is 13.8. The van der Waals surface area contributed by atoms with E-state index in [1.807, 2.05) is 42.5 Å². The van der Waals surface area contributed by atoms with Crippen molar-refractivity contribution in [2.75, 3.05) is 5.32 Å². The van der Waals surface area contributed by atoms with Gasteiger partial charge in [0.1, 0.15) is 0 Å². The number of nitrogens with one attached hydrogen (secondary N) is 1. The topological polar surface area (TPSA) is 50.7 Å². The monoisotopic (exact) mass is 294 g/mol. The van der Waals surface area contributed by atoms with Crippen LogP contribution in [0.1, 0.15) is 11.3 Å². The first kappa shape index (κ1) is 14.1. The summed E-state index contributed by atoms with van der Waals surface area (Å²) in [6.07, 6.45) is 5.81. The number of rotatable bonds is 5. The van der Waals surface area contributed by atoms with Crippen molar-refractivity contribution in [2.24, 2.45) is 0 Å². The Bertz CT molecular complexity index is 732. The van der Waals surface area contributed by atoms with Crippen molar-refractivity contribution in [3.63, 3.8) is 0 Å². The zero-order valence-electron chi connectivity index (χ0n) is 11.9. The smallest absolute Gasteiger partial charge is 0.227 e. The Hall–Kier alpha value is -2.82. The average molecular weight is 294 g/mol. The molecular formula is C17H15FN4. The van der Waals surface area contributed by atoms with Crippen LogP contribution in [0.5, 0.6) is 0 Å². The van der Waals surface area contributed by atoms with Crippen molar-refractivity contribution >= 4 is 11.6 Å². The highest BCUT2D eigenvalue weighted by molar-refractivity contribution is 5.51. The van der Waals surface area contributed by atoms with Gasteiger partial charge >= 0.3 is 0 Å². The lowest BCUT2D eigenvalue weighted by atomic mass is 10.1. The molecule has 0 amide bonds. The van der Waals surface area contributed by atoms with Crippen LogP contribution in [0.4, 0.5) is 16.0 Å². The van der Waals surface area contributed by atoms with Crippen LogP contribution in [0.15, 0.2) is 61.1 Å². The van der Waals surface area contributed by atoms with E-state index in [0.29, 0.717) is 18.1 Å². The van der Waals surface area contributed by atoms with Gasteiger partial charge in [-0.15, -0.1) is 0 Å². The fourth-order valence-corrected chi connectivity index (χ4v) is 2.11. The zero-order chi connectivity index (χ0) is 15.2. The first-order valence-electron chi connectivity index (χ1n) is 7.03. The van der Waals surface area contributed by atoms with Crippen LogP contribution in [0.3, 0.4) is 0 Å². The summed E-state index contributed by atoms with van der Waals surface area (Å²) >= 11 is 0. The molecule has 0 spiro atoms. The van der Waals surface area contributed by atoms with Crippen molar-refractivity contribution in [2.45, 2.75) is 12.8 Å². The Morgan fingerprint density at radius 1 is 0.955 bits per heavy atom. The summed E-state index contributed by atoms with van der Waals surface area (Å²) in [4.78, 5) is 12.2. The molecule has 0 aliphatic heterocycles. The zero-order valence-corrected chi connectivity index (χ0v) is 11.9. The number of anilines is 2. The molecule has 0 radical (unpaired) electrons. The summed E-state index contributed by atoms with van der Waals surface area (Å²) < 4.78 is 13.8. The van der Waals surface area contributed by atoms with Crippen molar-refractivity contribution in [3.05, 3.63) is 78.1 Å². The Kier molecular flexibility index (Phi) is 4.34. The van der Waals surface area contributed by atoms with E-state index in [1.165, 1.54) is 6.20 Å². The summed E-state index contributed by atoms with van der Waals surface area (Å²) in [6, 6.07) is 13.6. The lowest BCUT2D eigenvalue weighted by Gasteiger charge is -2.07. The molecule has 0 aliphatic rings. The van der Waals surface area contributed by atoms with Gasteiger partial charge in [0.2, 0.25) is 5.95 Å². The van der Waals surface area contributed by atoms with Crippen molar-refractivity contribution in [1.29, 1.82) is 0 Å². The SMILES string of the molecule is Fc1cnc(Nc2cccnc2)nc1CCc1ccccc1. The molecule has 3 rings (SSSR count). The van der Waals surface area contributed by atoms with E-state index >= 15 is 0 Å². The predicted molar refractivity (Wildman–Crippen MR) is 83.4 cm³/mol. The van der Waals surface area contributed by atoms with Crippen LogP contribution in [0, 0.1) is 5.82 Å². The number of hydrogen-bond donors (Lipinski definition) is 1. The van der Waals surface area contributed by atoms with Gasteiger partial charge in [-0.3, -0.25) is 4.98 Å². The van der Waals surface area contributed by atoms with Gasteiger partial charge in [0.15, 0.2) is 5.82 Å². The Labute approximate surface area is 128 Å². The first-order valence-corrected chi connectivity index (χ1v) is 7.03. The van der Waals surface area contributed by atoms with Crippen LogP contribution in [0.2, 0.25) is 0 Å². The fourth-order valence-electron chi connectivity index (χ4n) is 2.11. The minimum atomic E-state index is -0.382. The number of aryl methyl sites for hydroxylation is 2. The van der Waals surface area contributed by atoms with E-state index in [2.05, 4.69) is 20.3 Å². The van der Waals surface area contributed by atoms with Gasteiger partial charge in [-0.25, -0.2) is 14.4 Å². The minimum Gasteiger partial charge on any atom is -0.323 e. The predicted octanol–water partition coefficient (Wildman–Crippen LogP) is 3.54. The minimum absolute atomic E-state index is 0.373. The molecule has 0 saturated heterocycles. The summed E-state index contributed by atoms with van der Waals surface area (Å²) in [5.41, 5.74) is 2.33. The van der Waals surface area contributed by atoms with Gasteiger partial charge in [-0.2, -0.15) is 0 Å². The highest BCUT2D eigenvalue weighted by Gasteiger charge is 2.07. The number of benzene rings is 1. The second-order valence-electron chi connectivity index (χ2n) is 4.84. The van der Waals surface area contributed by atoms with E-state index < -0.39 is 0 Å². The Balaban J connectivity index is 1.72. The molecule has 0 atom stereocenters. The highest BCUT2D eigenvalue weighted by Crippen LogP contribution is 2.14. The van der Waals surface area contributed by atoms with Crippen LogP contribution >= 0.6 is 0 Å². The van der Waals surface area contributed by atoms with Gasteiger partial charge in [-0.05, 0) is 30.5 Å². The van der Waals surface area contributed by atoms with Gasteiger partial charge < -0.3 is 5.32 Å². The van der Waals surface area contributed by atoms with Gasteiger partial charge in [0.05, 0.1) is 23.8 Å². The number of aromatic nitrogens is 3. The van der Waals surface area contributed by atoms with Crippen LogP contribution in [-0.4, -0.2) is 15.0 Å². The second kappa shape index (κ2) is 6.76. The van der Waals surface area contributed by atoms with E-state index in [9.17, 15) is 4.39 Å². The summed E-state index contributed by atoms with van der Waals surface area (Å²) in [5, 5.41) is 3.02. The molecule has 5 heteroatoms. The van der Waals surface area contributed by atoms with E-state index in [0.717, 1.165) is 17.7 Å². The van der Waals surface area contributed by atoms with Crippen molar-refractivity contribution in [3.8, 4) is 0 Å². The molecule has 3 aromatic rings. The van der Waals surface area contributed by atoms with Crippen LogP contribution in [-0.2, 0) is 12.8 Å². The molecule has 2 aromatic heterocycles. The maximum Gasteiger partial charge on any atom is 0.227 e. The highest BCUT2D eigenvalue weighted by atomic mass is 19.1. The molecule has 0 fully saturated rings. The van der Waals surface area contributed by atoms with E-state index in [-0.39, 0.29) is 5.82 Å². The third kappa shape index (κ3) is 3.63. The molecule has 22 heavy (non-hydrogen) atoms. The molecule has 1 aromatic carbocycles. The van der Waals surface area contributed by atoms with E-state index in [1.54, 1.807) is 12.4 Å². The molecule has 0 bridgehead atoms. The average Bonchev–Trinajstić information content (AvgIpc) is 2.57. The van der Waals surface area contributed by atoms with Crippen LogP contribution in [0.25, 0.3) is 0 Å². The molecular weight excluding hydrogens is 279 g/mol. The summed E-state index contributed by atoms with van der Waals surface area (Å²) in [5.74, 6) is -0.00914. The summed E-state index contributed by atoms with van der Waals surface area (Å²) in [7, 11) is 0. The lowest BCUT2D eigenvalue weighted by molar-refractivity contribution is 0.590. The molecule has 110 valence electrons. The number of hydrogen-bond acceptors (Lipinski definition) is 4. The molecule has 0 unspecified atom stereocenters. The number of pyridine rings is 1. The third-order valence-corrected chi connectivity index (χ3v) is 3.23. The Morgan fingerprint density at radius 3 is 2.59 bits per heavy atom. The molecule has 0 saturated carbocycles. The largest absolute Gasteiger partial charge is 0.323 e. The third-order valence-electron chi connectivity index (χ3n) is 3.23. The van der Waals surface area contributed by atoms with Gasteiger partial charge in [-0.1, -0.05) is 30.3 Å². The van der Waals surface area contributed by atoms with E-state index in [4.69, 9.17) is 0 Å². The first-order chi connectivity index (χ1) is 10.8. The lowest BCUT2D eigenvalue weighted by Crippen LogP contribution is -2.04. The normalized spacial score (nSPS) is 10.4.